The maximum absolute atomic E-state index is 12.3. The average Bonchev–Trinajstić information content (AvgIpc) is 2.85. The molecule has 0 saturated heterocycles. The van der Waals surface area contributed by atoms with Crippen LogP contribution < -0.4 is 11.1 Å². The predicted molar refractivity (Wildman–Crippen MR) is 88.7 cm³/mol. The van der Waals surface area contributed by atoms with Crippen LogP contribution in [0.15, 0.2) is 42.6 Å². The predicted octanol–water partition coefficient (Wildman–Crippen LogP) is 2.87. The van der Waals surface area contributed by atoms with Gasteiger partial charge in [0.15, 0.2) is 0 Å². The van der Waals surface area contributed by atoms with E-state index in [1.807, 2.05) is 50.2 Å². The van der Waals surface area contributed by atoms with Gasteiger partial charge in [0.05, 0.1) is 11.7 Å². The van der Waals surface area contributed by atoms with E-state index in [9.17, 15) is 4.79 Å². The number of amides is 1. The number of carbonyl (C=O) groups excluding carboxylic acids is 1. The van der Waals surface area contributed by atoms with Gasteiger partial charge in [-0.05, 0) is 49.2 Å². The number of nitrogen functional groups attached to an aromatic ring is 1. The van der Waals surface area contributed by atoms with Gasteiger partial charge in [-0.1, -0.05) is 12.1 Å². The first-order chi connectivity index (χ1) is 10.5. The molecule has 0 fully saturated rings. The zero-order chi connectivity index (χ0) is 15.7. The van der Waals surface area contributed by atoms with Crippen LogP contribution in [0.25, 0.3) is 10.9 Å². The van der Waals surface area contributed by atoms with Gasteiger partial charge in [-0.3, -0.25) is 9.48 Å². The third kappa shape index (κ3) is 2.79. The summed E-state index contributed by atoms with van der Waals surface area (Å²) in [7, 11) is 0. The molecule has 3 N–H and O–H groups in total. The van der Waals surface area contributed by atoms with Crippen LogP contribution >= 0.6 is 0 Å². The highest BCUT2D eigenvalue weighted by Crippen LogP contribution is 2.18. The van der Waals surface area contributed by atoms with Crippen molar-refractivity contribution >= 4 is 28.2 Å². The molecule has 3 aromatic rings. The summed E-state index contributed by atoms with van der Waals surface area (Å²) in [5, 5.41) is 8.16. The maximum Gasteiger partial charge on any atom is 0.246 e. The van der Waals surface area contributed by atoms with Crippen LogP contribution in [0.4, 0.5) is 11.4 Å². The summed E-state index contributed by atoms with van der Waals surface area (Å²) in [5.74, 6) is -0.110. The molecule has 1 heterocycles. The molecule has 2 aromatic carbocycles. The standard InChI is InChI=1S/C17H18N4O/c1-11-3-4-12(2)15(7-11)20-17(22)10-21-16-8-14(18)6-5-13(16)9-19-21/h3-9H,10,18H2,1-2H3,(H,20,22). The number of aromatic nitrogens is 2. The Balaban J connectivity index is 1.81. The van der Waals surface area contributed by atoms with Crippen LogP contribution in [0.1, 0.15) is 11.1 Å². The van der Waals surface area contributed by atoms with Crippen molar-refractivity contribution < 1.29 is 4.79 Å². The normalized spacial score (nSPS) is 10.8. The second-order valence-electron chi connectivity index (χ2n) is 5.49. The Kier molecular flexibility index (Phi) is 3.55. The summed E-state index contributed by atoms with van der Waals surface area (Å²) in [6.45, 7) is 4.12. The van der Waals surface area contributed by atoms with Gasteiger partial charge in [-0.2, -0.15) is 5.10 Å². The van der Waals surface area contributed by atoms with Crippen LogP contribution in [0.5, 0.6) is 0 Å². The monoisotopic (exact) mass is 294 g/mol. The number of hydrogen-bond acceptors (Lipinski definition) is 3. The quantitative estimate of drug-likeness (QED) is 0.729. The van der Waals surface area contributed by atoms with Crippen LogP contribution in [0.3, 0.4) is 0 Å². The van der Waals surface area contributed by atoms with Gasteiger partial charge in [0.1, 0.15) is 6.54 Å². The summed E-state index contributed by atoms with van der Waals surface area (Å²) >= 11 is 0. The molecule has 0 atom stereocenters. The van der Waals surface area contributed by atoms with Gasteiger partial charge in [-0.25, -0.2) is 0 Å². The molecule has 0 spiro atoms. The Morgan fingerprint density at radius 2 is 2.05 bits per heavy atom. The SMILES string of the molecule is Cc1ccc(C)c(NC(=O)Cn2ncc3ccc(N)cc32)c1. The summed E-state index contributed by atoms with van der Waals surface area (Å²) in [6, 6.07) is 11.5. The summed E-state index contributed by atoms with van der Waals surface area (Å²) in [5.41, 5.74) is 10.3. The first kappa shape index (κ1) is 14.1. The van der Waals surface area contributed by atoms with E-state index in [1.165, 1.54) is 0 Å². The Hall–Kier alpha value is -2.82. The lowest BCUT2D eigenvalue weighted by Crippen LogP contribution is -2.20. The number of fused-ring (bicyclic) bond motifs is 1. The fourth-order valence-corrected chi connectivity index (χ4v) is 2.41. The first-order valence-corrected chi connectivity index (χ1v) is 7.11. The average molecular weight is 294 g/mol. The van der Waals surface area contributed by atoms with E-state index in [2.05, 4.69) is 10.4 Å². The number of rotatable bonds is 3. The minimum absolute atomic E-state index is 0.110. The Morgan fingerprint density at radius 3 is 2.86 bits per heavy atom. The highest BCUT2D eigenvalue weighted by molar-refractivity contribution is 5.92. The van der Waals surface area contributed by atoms with E-state index in [4.69, 9.17) is 5.73 Å². The number of nitrogens with one attached hydrogen (secondary N) is 1. The number of carbonyl (C=O) groups is 1. The molecule has 112 valence electrons. The highest BCUT2D eigenvalue weighted by Gasteiger charge is 2.09. The molecule has 3 rings (SSSR count). The van der Waals surface area contributed by atoms with E-state index >= 15 is 0 Å². The van der Waals surface area contributed by atoms with Crippen molar-refractivity contribution in [1.29, 1.82) is 0 Å². The van der Waals surface area contributed by atoms with Gasteiger partial charge in [0.25, 0.3) is 0 Å². The third-order valence-corrected chi connectivity index (χ3v) is 3.63. The van der Waals surface area contributed by atoms with Gasteiger partial charge in [-0.15, -0.1) is 0 Å². The molecule has 0 aliphatic heterocycles. The number of nitrogens with zero attached hydrogens (tertiary/aromatic N) is 2. The van der Waals surface area contributed by atoms with Gasteiger partial charge >= 0.3 is 0 Å². The first-order valence-electron chi connectivity index (χ1n) is 7.11. The van der Waals surface area contributed by atoms with E-state index < -0.39 is 0 Å². The number of anilines is 2. The largest absolute Gasteiger partial charge is 0.399 e. The number of benzene rings is 2. The van der Waals surface area contributed by atoms with Gasteiger partial charge in [0, 0.05) is 16.8 Å². The molecular weight excluding hydrogens is 276 g/mol. The molecule has 5 nitrogen and oxygen atoms in total. The van der Waals surface area contributed by atoms with Crippen LogP contribution in [-0.2, 0) is 11.3 Å². The van der Waals surface area contributed by atoms with Crippen molar-refractivity contribution in [1.82, 2.24) is 9.78 Å². The lowest BCUT2D eigenvalue weighted by Gasteiger charge is -2.10. The minimum Gasteiger partial charge on any atom is -0.399 e. The molecule has 0 bridgehead atoms. The topological polar surface area (TPSA) is 72.9 Å². The fraction of sp³-hybridized carbons (Fsp3) is 0.176. The fourth-order valence-electron chi connectivity index (χ4n) is 2.41. The van der Waals surface area contributed by atoms with Gasteiger partial charge < -0.3 is 11.1 Å². The van der Waals surface area contributed by atoms with Crippen molar-refractivity contribution in [2.45, 2.75) is 20.4 Å². The van der Waals surface area contributed by atoms with Crippen molar-refractivity contribution in [2.24, 2.45) is 0 Å². The molecule has 0 aliphatic rings. The van der Waals surface area contributed by atoms with E-state index in [-0.39, 0.29) is 12.5 Å². The zero-order valence-electron chi connectivity index (χ0n) is 12.6. The van der Waals surface area contributed by atoms with Gasteiger partial charge in [0.2, 0.25) is 5.91 Å². The second-order valence-corrected chi connectivity index (χ2v) is 5.49. The molecule has 22 heavy (non-hydrogen) atoms. The molecule has 1 amide bonds. The zero-order valence-corrected chi connectivity index (χ0v) is 12.6. The summed E-state index contributed by atoms with van der Waals surface area (Å²) < 4.78 is 1.66. The molecule has 0 aliphatic carbocycles. The van der Waals surface area contributed by atoms with Crippen LogP contribution in [0.2, 0.25) is 0 Å². The van der Waals surface area contributed by atoms with E-state index in [0.29, 0.717) is 5.69 Å². The minimum atomic E-state index is -0.110. The molecule has 0 unspecified atom stereocenters. The van der Waals surface area contributed by atoms with Crippen molar-refractivity contribution in [2.75, 3.05) is 11.1 Å². The summed E-state index contributed by atoms with van der Waals surface area (Å²) in [6.07, 6.45) is 1.74. The lowest BCUT2D eigenvalue weighted by molar-refractivity contribution is -0.116. The van der Waals surface area contributed by atoms with Crippen LogP contribution in [0, 0.1) is 13.8 Å². The highest BCUT2D eigenvalue weighted by atomic mass is 16.2. The maximum atomic E-state index is 12.3. The third-order valence-electron chi connectivity index (χ3n) is 3.63. The molecule has 0 saturated carbocycles. The van der Waals surface area contributed by atoms with Crippen molar-refractivity contribution in [3.8, 4) is 0 Å². The Bertz CT molecular complexity index is 851. The molecule has 0 radical (unpaired) electrons. The molecule has 1 aromatic heterocycles. The number of nitrogens with two attached hydrogens (primary N) is 1. The Labute approximate surface area is 128 Å². The van der Waals surface area contributed by atoms with E-state index in [0.717, 1.165) is 27.7 Å². The second kappa shape index (κ2) is 5.52. The van der Waals surface area contributed by atoms with E-state index in [1.54, 1.807) is 10.9 Å². The number of hydrogen-bond donors (Lipinski definition) is 2. The lowest BCUT2D eigenvalue weighted by atomic mass is 10.1. The van der Waals surface area contributed by atoms with Crippen molar-refractivity contribution in [3.05, 3.63) is 53.7 Å². The Morgan fingerprint density at radius 1 is 1.23 bits per heavy atom. The number of aryl methyl sites for hydroxylation is 2. The van der Waals surface area contributed by atoms with Crippen molar-refractivity contribution in [3.63, 3.8) is 0 Å². The smallest absolute Gasteiger partial charge is 0.246 e. The molecule has 5 heteroatoms. The van der Waals surface area contributed by atoms with Crippen LogP contribution in [-0.4, -0.2) is 15.7 Å². The summed E-state index contributed by atoms with van der Waals surface area (Å²) in [4.78, 5) is 12.3. The molecular formula is C17H18N4O.